The monoisotopic (exact) mass is 162 g/mol. The number of hydrogen-bond donors (Lipinski definition) is 1. The first-order chi connectivity index (χ1) is 3.30. The van der Waals surface area contributed by atoms with Gasteiger partial charge in [0.2, 0.25) is 0 Å². The van der Waals surface area contributed by atoms with Gasteiger partial charge in [0.1, 0.15) is 4.95 Å². The summed E-state index contributed by atoms with van der Waals surface area (Å²) in [5.74, 6) is 0. The van der Waals surface area contributed by atoms with Gasteiger partial charge in [0.05, 0.1) is 0 Å². The number of nitrogens with one attached hydrogen (secondary N) is 1. The molecule has 0 bridgehead atoms. The molecular weight excluding hydrogens is 156 g/mol. The van der Waals surface area contributed by atoms with E-state index in [4.69, 9.17) is 0 Å². The van der Waals surface area contributed by atoms with Crippen molar-refractivity contribution in [1.29, 1.82) is 0 Å². The van der Waals surface area contributed by atoms with Gasteiger partial charge in [0, 0.05) is 13.2 Å². The zero-order chi connectivity index (χ0) is 5.28. The zero-order valence-corrected chi connectivity index (χ0v) is 5.64. The van der Waals surface area contributed by atoms with Crippen molar-refractivity contribution in [2.24, 2.45) is 0 Å². The van der Waals surface area contributed by atoms with Crippen LogP contribution in [0.2, 0.25) is 0 Å². The Hall–Kier alpha value is -0.0200. The minimum absolute atomic E-state index is 0.368. The van der Waals surface area contributed by atoms with Crippen molar-refractivity contribution in [2.45, 2.75) is 4.95 Å². The molecular formula is C4H7BrN2. The standard InChI is InChI=1S/C4H7BrN2/c1-7-4(5)2-3-6-7/h2-4,6H,1H3. The number of nitrogens with zero attached hydrogens (tertiary/aromatic N) is 1. The molecule has 1 aliphatic rings. The minimum Gasteiger partial charge on any atom is -0.325 e. The van der Waals surface area contributed by atoms with Crippen LogP contribution in [0.4, 0.5) is 0 Å². The lowest BCUT2D eigenvalue weighted by molar-refractivity contribution is 0.315. The lowest BCUT2D eigenvalue weighted by Gasteiger charge is -2.11. The summed E-state index contributed by atoms with van der Waals surface area (Å²) >= 11 is 3.38. The van der Waals surface area contributed by atoms with E-state index in [1.165, 1.54) is 0 Å². The molecule has 7 heavy (non-hydrogen) atoms. The van der Waals surface area contributed by atoms with E-state index >= 15 is 0 Å². The number of hydrazine groups is 1. The molecule has 0 aromatic carbocycles. The van der Waals surface area contributed by atoms with Crippen molar-refractivity contribution in [1.82, 2.24) is 10.4 Å². The number of hydrogen-bond acceptors (Lipinski definition) is 2. The van der Waals surface area contributed by atoms with Crippen LogP contribution in [-0.2, 0) is 0 Å². The second-order valence-electron chi connectivity index (χ2n) is 1.47. The molecule has 0 saturated carbocycles. The van der Waals surface area contributed by atoms with Crippen molar-refractivity contribution in [3.63, 3.8) is 0 Å². The highest BCUT2D eigenvalue weighted by molar-refractivity contribution is 9.09. The Balaban J connectivity index is 2.45. The second-order valence-corrected chi connectivity index (χ2v) is 2.41. The maximum absolute atomic E-state index is 3.38. The molecule has 0 fully saturated rings. The Morgan fingerprint density at radius 2 is 2.57 bits per heavy atom. The maximum Gasteiger partial charge on any atom is 0.103 e. The van der Waals surface area contributed by atoms with Gasteiger partial charge in [0.25, 0.3) is 0 Å². The molecule has 40 valence electrons. The van der Waals surface area contributed by atoms with E-state index in [1.807, 2.05) is 24.3 Å². The van der Waals surface area contributed by atoms with E-state index in [0.717, 1.165) is 0 Å². The Kier molecular flexibility index (Phi) is 1.35. The average molecular weight is 163 g/mol. The molecule has 1 N–H and O–H groups in total. The highest BCUT2D eigenvalue weighted by atomic mass is 79.9. The van der Waals surface area contributed by atoms with E-state index in [9.17, 15) is 0 Å². The molecule has 3 heteroatoms. The highest BCUT2D eigenvalue weighted by Crippen LogP contribution is 2.07. The molecule has 1 atom stereocenters. The third-order valence-corrected chi connectivity index (χ3v) is 1.82. The van der Waals surface area contributed by atoms with Gasteiger partial charge >= 0.3 is 0 Å². The van der Waals surface area contributed by atoms with E-state index in [0.29, 0.717) is 4.95 Å². The average Bonchev–Trinajstić information content (AvgIpc) is 1.91. The van der Waals surface area contributed by atoms with Crippen molar-refractivity contribution < 1.29 is 0 Å². The molecule has 0 aromatic rings. The van der Waals surface area contributed by atoms with Crippen LogP contribution < -0.4 is 5.43 Å². The molecule has 2 nitrogen and oxygen atoms in total. The molecule has 0 aliphatic carbocycles. The summed E-state index contributed by atoms with van der Waals surface area (Å²) in [6.07, 6.45) is 3.93. The molecule has 1 unspecified atom stereocenters. The SMILES string of the molecule is CN1NC=CC1Br. The summed E-state index contributed by atoms with van der Waals surface area (Å²) in [4.78, 5) is 0.368. The number of rotatable bonds is 0. The van der Waals surface area contributed by atoms with Crippen LogP contribution in [0, 0.1) is 0 Å². The molecule has 0 aromatic heterocycles. The lowest BCUT2D eigenvalue weighted by atomic mass is 10.6. The maximum atomic E-state index is 3.38. The minimum atomic E-state index is 0.368. The van der Waals surface area contributed by atoms with Crippen molar-refractivity contribution >= 4 is 15.9 Å². The molecule has 0 saturated heterocycles. The molecule has 1 aliphatic heterocycles. The van der Waals surface area contributed by atoms with Gasteiger partial charge in [-0.2, -0.15) is 0 Å². The summed E-state index contributed by atoms with van der Waals surface area (Å²) in [5, 5.41) is 1.96. The van der Waals surface area contributed by atoms with Gasteiger partial charge in [-0.1, -0.05) is 15.9 Å². The Labute approximate surface area is 51.3 Å². The Bertz CT molecular complexity index is 91.7. The van der Waals surface area contributed by atoms with E-state index < -0.39 is 0 Å². The first-order valence-corrected chi connectivity index (χ1v) is 3.02. The van der Waals surface area contributed by atoms with Crippen LogP contribution in [0.3, 0.4) is 0 Å². The number of likely N-dealkylation sites (N-methyl/N-ethyl adjacent to an activating group) is 1. The fourth-order valence-electron chi connectivity index (χ4n) is 0.440. The fourth-order valence-corrected chi connectivity index (χ4v) is 0.711. The summed E-state index contributed by atoms with van der Waals surface area (Å²) in [5.41, 5.74) is 2.98. The van der Waals surface area contributed by atoms with Crippen molar-refractivity contribution in [2.75, 3.05) is 7.05 Å². The highest BCUT2D eigenvalue weighted by Gasteiger charge is 2.08. The van der Waals surface area contributed by atoms with Gasteiger partial charge in [0.15, 0.2) is 0 Å². The third kappa shape index (κ3) is 0.951. The van der Waals surface area contributed by atoms with E-state index in [-0.39, 0.29) is 0 Å². The second kappa shape index (κ2) is 1.84. The van der Waals surface area contributed by atoms with Gasteiger partial charge in [-0.15, -0.1) is 0 Å². The first-order valence-electron chi connectivity index (χ1n) is 2.10. The summed E-state index contributed by atoms with van der Waals surface area (Å²) in [6, 6.07) is 0. The predicted molar refractivity (Wildman–Crippen MR) is 32.8 cm³/mol. The topological polar surface area (TPSA) is 15.3 Å². The molecule has 0 radical (unpaired) electrons. The van der Waals surface area contributed by atoms with Crippen LogP contribution in [-0.4, -0.2) is 17.0 Å². The van der Waals surface area contributed by atoms with Gasteiger partial charge in [-0.3, -0.25) is 0 Å². The van der Waals surface area contributed by atoms with E-state index in [1.54, 1.807) is 0 Å². The zero-order valence-electron chi connectivity index (χ0n) is 4.06. The predicted octanol–water partition coefficient (Wildman–Crippen LogP) is 0.671. The Morgan fingerprint density at radius 1 is 1.86 bits per heavy atom. The van der Waals surface area contributed by atoms with Crippen LogP contribution in [0.25, 0.3) is 0 Å². The fraction of sp³-hybridized carbons (Fsp3) is 0.500. The summed E-state index contributed by atoms with van der Waals surface area (Å²) in [6.45, 7) is 0. The molecule has 0 spiro atoms. The summed E-state index contributed by atoms with van der Waals surface area (Å²) < 4.78 is 0. The van der Waals surface area contributed by atoms with Gasteiger partial charge < -0.3 is 5.43 Å². The smallest absolute Gasteiger partial charge is 0.103 e. The number of alkyl halides is 1. The quantitative estimate of drug-likeness (QED) is 0.417. The van der Waals surface area contributed by atoms with Gasteiger partial charge in [-0.05, 0) is 6.08 Å². The largest absolute Gasteiger partial charge is 0.325 e. The Morgan fingerprint density at radius 3 is 2.71 bits per heavy atom. The summed E-state index contributed by atoms with van der Waals surface area (Å²) in [7, 11) is 1.97. The number of halogens is 1. The molecule has 0 amide bonds. The molecule has 1 rings (SSSR count). The van der Waals surface area contributed by atoms with Crippen LogP contribution >= 0.6 is 15.9 Å². The van der Waals surface area contributed by atoms with Gasteiger partial charge in [-0.25, -0.2) is 5.01 Å². The van der Waals surface area contributed by atoms with Crippen LogP contribution in [0.15, 0.2) is 12.3 Å². The normalized spacial score (nSPS) is 30.9. The molecule has 1 heterocycles. The van der Waals surface area contributed by atoms with Crippen LogP contribution in [0.1, 0.15) is 0 Å². The van der Waals surface area contributed by atoms with Crippen LogP contribution in [0.5, 0.6) is 0 Å². The van der Waals surface area contributed by atoms with E-state index in [2.05, 4.69) is 21.4 Å². The van der Waals surface area contributed by atoms with Crippen molar-refractivity contribution in [3.8, 4) is 0 Å². The third-order valence-electron chi connectivity index (χ3n) is 0.903. The lowest BCUT2D eigenvalue weighted by Crippen LogP contribution is -2.29. The van der Waals surface area contributed by atoms with Crippen molar-refractivity contribution in [3.05, 3.63) is 12.3 Å². The first kappa shape index (κ1) is 5.12.